The third-order valence-electron chi connectivity index (χ3n) is 6.01. The van der Waals surface area contributed by atoms with Gasteiger partial charge in [0, 0.05) is 12.6 Å². The Bertz CT molecular complexity index is 482. The molecule has 1 saturated heterocycles. The Kier molecular flexibility index (Phi) is 2.41. The van der Waals surface area contributed by atoms with E-state index in [1.54, 1.807) is 4.90 Å². The molecule has 110 valence electrons. The van der Waals surface area contributed by atoms with Crippen molar-refractivity contribution in [1.82, 2.24) is 10.2 Å². The van der Waals surface area contributed by atoms with E-state index in [2.05, 4.69) is 5.32 Å². The molecule has 3 N–H and O–H groups in total. The van der Waals surface area contributed by atoms with Crippen LogP contribution in [0.5, 0.6) is 0 Å². The largest absolute Gasteiger partial charge is 0.481 e. The molecule has 4 fully saturated rings. The molecular weight excluding hydrogens is 260 g/mol. The zero-order chi connectivity index (χ0) is 14.1. The van der Waals surface area contributed by atoms with Gasteiger partial charge in [-0.15, -0.1) is 0 Å². The zero-order valence-electron chi connectivity index (χ0n) is 11.3. The number of fused-ring (bicyclic) bond motifs is 2. The number of carbonyl (C=O) groups excluding carboxylic acids is 1. The standard InChI is InChI=1S/C14H20N2O4/c17-10-2-1-7-3-4-16(11(7)10)13(20)15-9-6-14(12(18)19)5-8(9)14/h7-11,17H,1-6H2,(H,15,20)(H,18,19)/t7-,8+,9+,10+,11+,14+/m0/s1. The Labute approximate surface area is 117 Å². The average molecular weight is 280 g/mol. The number of likely N-dealkylation sites (tertiary alicyclic amines) is 1. The molecule has 1 heterocycles. The van der Waals surface area contributed by atoms with Gasteiger partial charge in [-0.2, -0.15) is 0 Å². The van der Waals surface area contributed by atoms with Crippen LogP contribution in [-0.2, 0) is 4.79 Å². The summed E-state index contributed by atoms with van der Waals surface area (Å²) in [5.41, 5.74) is -0.529. The van der Waals surface area contributed by atoms with Crippen molar-refractivity contribution in [1.29, 1.82) is 0 Å². The first-order chi connectivity index (χ1) is 9.53. The summed E-state index contributed by atoms with van der Waals surface area (Å²) in [5.74, 6) is -0.160. The third-order valence-corrected chi connectivity index (χ3v) is 6.01. The summed E-state index contributed by atoms with van der Waals surface area (Å²) in [5, 5.41) is 22.1. The summed E-state index contributed by atoms with van der Waals surface area (Å²) in [6.45, 7) is 0.708. The van der Waals surface area contributed by atoms with Crippen LogP contribution in [0.15, 0.2) is 0 Å². The van der Waals surface area contributed by atoms with Crippen LogP contribution in [0.2, 0.25) is 0 Å². The molecule has 1 aliphatic heterocycles. The lowest BCUT2D eigenvalue weighted by Crippen LogP contribution is -2.54. The van der Waals surface area contributed by atoms with Gasteiger partial charge in [0.15, 0.2) is 0 Å². The molecule has 3 saturated carbocycles. The Morgan fingerprint density at radius 2 is 2.00 bits per heavy atom. The minimum absolute atomic E-state index is 0.0104. The monoisotopic (exact) mass is 280 g/mol. The van der Waals surface area contributed by atoms with Gasteiger partial charge in [0.05, 0.1) is 17.6 Å². The summed E-state index contributed by atoms with van der Waals surface area (Å²) in [7, 11) is 0. The molecule has 0 aromatic carbocycles. The van der Waals surface area contributed by atoms with Crippen molar-refractivity contribution in [3.63, 3.8) is 0 Å². The van der Waals surface area contributed by atoms with Crippen LogP contribution in [0.3, 0.4) is 0 Å². The van der Waals surface area contributed by atoms with Crippen molar-refractivity contribution in [2.45, 2.75) is 50.3 Å². The number of hydrogen-bond acceptors (Lipinski definition) is 3. The fraction of sp³-hybridized carbons (Fsp3) is 0.857. The molecule has 0 spiro atoms. The SMILES string of the molecule is O=C(N[C@@H]1C[C@]2(C(=O)O)C[C@H]12)N1CC[C@@H]2CC[C@@H](O)[C@@H]21. The van der Waals surface area contributed by atoms with Crippen molar-refractivity contribution in [3.8, 4) is 0 Å². The molecule has 3 aliphatic carbocycles. The normalized spacial score (nSPS) is 48.2. The lowest BCUT2D eigenvalue weighted by molar-refractivity contribution is -0.147. The Balaban J connectivity index is 1.37. The first kappa shape index (κ1) is 12.4. The number of aliphatic carboxylic acids is 1. The summed E-state index contributed by atoms with van der Waals surface area (Å²) >= 11 is 0. The average Bonchev–Trinajstić information content (AvgIpc) is 2.73. The smallest absolute Gasteiger partial charge is 0.317 e. The number of nitrogens with zero attached hydrogens (tertiary/aromatic N) is 1. The first-order valence-corrected chi connectivity index (χ1v) is 7.51. The minimum Gasteiger partial charge on any atom is -0.481 e. The molecule has 2 amide bonds. The van der Waals surface area contributed by atoms with Crippen LogP contribution in [-0.4, -0.2) is 51.8 Å². The van der Waals surface area contributed by atoms with Crippen LogP contribution in [0.1, 0.15) is 32.1 Å². The fourth-order valence-electron chi connectivity index (χ4n) is 4.70. The van der Waals surface area contributed by atoms with Gasteiger partial charge in [0.2, 0.25) is 0 Å². The van der Waals surface area contributed by atoms with Gasteiger partial charge in [0.1, 0.15) is 0 Å². The second-order valence-electron chi connectivity index (χ2n) is 6.91. The highest BCUT2D eigenvalue weighted by Gasteiger charge is 2.72. The molecular formula is C14H20N2O4. The number of aliphatic hydroxyl groups is 1. The number of aliphatic hydroxyl groups excluding tert-OH is 1. The number of carboxylic acids is 1. The molecule has 0 bridgehead atoms. The zero-order valence-corrected chi connectivity index (χ0v) is 11.3. The molecule has 0 aromatic heterocycles. The summed E-state index contributed by atoms with van der Waals surface area (Å²) in [6, 6.07) is -0.135. The Morgan fingerprint density at radius 1 is 1.20 bits per heavy atom. The second-order valence-corrected chi connectivity index (χ2v) is 6.91. The van der Waals surface area contributed by atoms with E-state index in [9.17, 15) is 14.7 Å². The van der Waals surface area contributed by atoms with Gasteiger partial charge >= 0.3 is 12.0 Å². The van der Waals surface area contributed by atoms with Gasteiger partial charge in [-0.05, 0) is 43.9 Å². The Hall–Kier alpha value is -1.30. The number of rotatable bonds is 2. The van der Waals surface area contributed by atoms with Gasteiger partial charge in [-0.1, -0.05) is 0 Å². The van der Waals surface area contributed by atoms with Crippen LogP contribution < -0.4 is 5.32 Å². The number of nitrogens with one attached hydrogen (secondary N) is 1. The predicted molar refractivity (Wildman–Crippen MR) is 69.0 cm³/mol. The highest BCUT2D eigenvalue weighted by Crippen LogP contribution is 2.67. The maximum Gasteiger partial charge on any atom is 0.317 e. The maximum atomic E-state index is 12.3. The van der Waals surface area contributed by atoms with Gasteiger partial charge in [-0.25, -0.2) is 4.79 Å². The molecule has 0 unspecified atom stereocenters. The van der Waals surface area contributed by atoms with E-state index in [1.807, 2.05) is 0 Å². The van der Waals surface area contributed by atoms with Gasteiger partial charge in [0.25, 0.3) is 0 Å². The van der Waals surface area contributed by atoms with Gasteiger partial charge in [-0.3, -0.25) is 4.79 Å². The third kappa shape index (κ3) is 1.48. The van der Waals surface area contributed by atoms with Crippen LogP contribution >= 0.6 is 0 Å². The molecule has 4 rings (SSSR count). The van der Waals surface area contributed by atoms with E-state index in [-0.39, 0.29) is 24.0 Å². The summed E-state index contributed by atoms with van der Waals surface area (Å²) in [4.78, 5) is 25.2. The molecule has 6 nitrogen and oxygen atoms in total. The first-order valence-electron chi connectivity index (χ1n) is 7.51. The Morgan fingerprint density at radius 3 is 2.65 bits per heavy atom. The van der Waals surface area contributed by atoms with Crippen molar-refractivity contribution in [2.75, 3.05) is 6.54 Å². The van der Waals surface area contributed by atoms with Gasteiger partial charge < -0.3 is 20.4 Å². The van der Waals surface area contributed by atoms with Crippen molar-refractivity contribution < 1.29 is 19.8 Å². The predicted octanol–water partition coefficient (Wildman–Crippen LogP) is 0.404. The molecule has 0 aromatic rings. The van der Waals surface area contributed by atoms with E-state index in [0.717, 1.165) is 19.3 Å². The van der Waals surface area contributed by atoms with E-state index < -0.39 is 17.5 Å². The lowest BCUT2D eigenvalue weighted by atomic mass is 9.80. The van der Waals surface area contributed by atoms with E-state index in [4.69, 9.17) is 5.11 Å². The van der Waals surface area contributed by atoms with E-state index in [0.29, 0.717) is 25.3 Å². The summed E-state index contributed by atoms with van der Waals surface area (Å²) in [6.07, 6.45) is 3.62. The van der Waals surface area contributed by atoms with Crippen molar-refractivity contribution in [3.05, 3.63) is 0 Å². The number of hydrogen-bond donors (Lipinski definition) is 3. The molecule has 6 heteroatoms. The highest BCUT2D eigenvalue weighted by atomic mass is 16.4. The second kappa shape index (κ2) is 3.87. The molecule has 4 aliphatic rings. The van der Waals surface area contributed by atoms with E-state index >= 15 is 0 Å². The quantitative estimate of drug-likeness (QED) is 0.683. The topological polar surface area (TPSA) is 89.9 Å². The molecule has 6 atom stereocenters. The molecule has 20 heavy (non-hydrogen) atoms. The highest BCUT2D eigenvalue weighted by molar-refractivity contribution is 5.82. The molecule has 0 radical (unpaired) electrons. The van der Waals surface area contributed by atoms with Crippen molar-refractivity contribution in [2.24, 2.45) is 17.3 Å². The minimum atomic E-state index is -0.722. The maximum absolute atomic E-state index is 12.3. The fourth-order valence-corrected chi connectivity index (χ4v) is 4.70. The number of carbonyl (C=O) groups is 2. The van der Waals surface area contributed by atoms with Crippen molar-refractivity contribution >= 4 is 12.0 Å². The number of urea groups is 1. The number of carboxylic acid groups (broad SMARTS) is 1. The lowest BCUT2D eigenvalue weighted by Gasteiger charge is -2.35. The van der Waals surface area contributed by atoms with E-state index in [1.165, 1.54) is 0 Å². The number of amides is 2. The summed E-state index contributed by atoms with van der Waals surface area (Å²) < 4.78 is 0. The van der Waals surface area contributed by atoms with Crippen LogP contribution in [0.4, 0.5) is 4.79 Å². The van der Waals surface area contributed by atoms with Crippen LogP contribution in [0, 0.1) is 17.3 Å². The van der Waals surface area contributed by atoms with Crippen LogP contribution in [0.25, 0.3) is 0 Å².